The molecule has 0 rings (SSSR count). The van der Waals surface area contributed by atoms with Crippen LogP contribution < -0.4 is 0 Å². The van der Waals surface area contributed by atoms with Gasteiger partial charge in [0.1, 0.15) is 0 Å². The molecule has 0 aliphatic heterocycles. The molecule has 0 spiro atoms. The van der Waals surface area contributed by atoms with Crippen molar-refractivity contribution in [1.29, 1.82) is 0 Å². The van der Waals surface area contributed by atoms with Crippen LogP contribution >= 0.6 is 0 Å². The van der Waals surface area contributed by atoms with Crippen LogP contribution in [0.1, 0.15) is 40.5 Å². The molecule has 0 saturated heterocycles. The van der Waals surface area contributed by atoms with Gasteiger partial charge in [-0.3, -0.25) is 4.79 Å². The third-order valence-corrected chi connectivity index (χ3v) is 1.98. The van der Waals surface area contributed by atoms with Gasteiger partial charge in [0.15, 0.2) is 0 Å². The molecule has 8 nitrogen and oxygen atoms in total. The molecule has 8 heteroatoms. The molecule has 0 atom stereocenters. The van der Waals surface area contributed by atoms with Gasteiger partial charge in [-0.25, -0.2) is 0 Å². The van der Waals surface area contributed by atoms with Crippen LogP contribution in [0.5, 0.6) is 0 Å². The topological polar surface area (TPSA) is 115 Å². The van der Waals surface area contributed by atoms with Crippen molar-refractivity contribution in [2.75, 3.05) is 66.6 Å². The van der Waals surface area contributed by atoms with E-state index in [1.165, 1.54) is 6.92 Å². The Balaban J connectivity index is -0.000000120. The number of hydrogen-bond donors (Lipinski definition) is 3. The highest BCUT2D eigenvalue weighted by molar-refractivity contribution is 5.65. The lowest BCUT2D eigenvalue weighted by Gasteiger charge is -1.96. The molecule has 0 heterocycles. The maximum Gasteiger partial charge on any atom is 0.302 e. The fourth-order valence-electron chi connectivity index (χ4n) is 0.887. The summed E-state index contributed by atoms with van der Waals surface area (Å²) in [6.45, 7) is 11.0. The number of carbonyl (C=O) groups excluding carboxylic acids is 1. The average Bonchev–Trinajstić information content (AvgIpc) is 2.59. The van der Waals surface area contributed by atoms with Gasteiger partial charge in [0.25, 0.3) is 0 Å². The molecule has 0 fully saturated rings. The summed E-state index contributed by atoms with van der Waals surface area (Å²) in [6, 6.07) is 0. The SMILES string of the molecule is CCCCOC(C)=O.CCOCC.COCCO.OCCOCCO. The lowest BCUT2D eigenvalue weighted by Crippen LogP contribution is -2.03. The van der Waals surface area contributed by atoms with Crippen LogP contribution in [-0.4, -0.2) is 87.9 Å². The lowest BCUT2D eigenvalue weighted by atomic mass is 10.4. The Morgan fingerprint density at radius 2 is 1.28 bits per heavy atom. The summed E-state index contributed by atoms with van der Waals surface area (Å²) >= 11 is 0. The zero-order valence-corrected chi connectivity index (χ0v) is 16.7. The smallest absolute Gasteiger partial charge is 0.302 e. The van der Waals surface area contributed by atoms with Gasteiger partial charge in [-0.05, 0) is 20.3 Å². The zero-order valence-electron chi connectivity index (χ0n) is 16.7. The fourth-order valence-corrected chi connectivity index (χ4v) is 0.887. The molecule has 0 aromatic carbocycles. The quantitative estimate of drug-likeness (QED) is 0.364. The van der Waals surface area contributed by atoms with Crippen molar-refractivity contribution in [2.45, 2.75) is 40.5 Å². The molecule has 0 aliphatic rings. The molecular weight excluding hydrogens is 332 g/mol. The molecule has 156 valence electrons. The summed E-state index contributed by atoms with van der Waals surface area (Å²) in [6.07, 6.45) is 2.05. The minimum atomic E-state index is -0.182. The van der Waals surface area contributed by atoms with E-state index in [9.17, 15) is 4.79 Å². The van der Waals surface area contributed by atoms with E-state index in [4.69, 9.17) is 20.1 Å². The molecule has 0 aromatic rings. The number of unbranched alkanes of at least 4 members (excludes halogenated alkanes) is 1. The third kappa shape index (κ3) is 70.0. The Morgan fingerprint density at radius 1 is 0.800 bits per heavy atom. The molecular formula is C17H40O8. The van der Waals surface area contributed by atoms with E-state index in [0.717, 1.165) is 26.1 Å². The summed E-state index contributed by atoms with van der Waals surface area (Å²) in [5.74, 6) is -0.182. The Labute approximate surface area is 153 Å². The summed E-state index contributed by atoms with van der Waals surface area (Å²) in [7, 11) is 1.55. The number of aliphatic hydroxyl groups excluding tert-OH is 3. The minimum Gasteiger partial charge on any atom is -0.466 e. The largest absolute Gasteiger partial charge is 0.466 e. The average molecular weight is 372 g/mol. The van der Waals surface area contributed by atoms with Gasteiger partial charge in [0.2, 0.25) is 0 Å². The first kappa shape index (κ1) is 31.9. The van der Waals surface area contributed by atoms with Crippen LogP contribution in [0.4, 0.5) is 0 Å². The normalized spacial score (nSPS) is 8.80. The van der Waals surface area contributed by atoms with Crippen molar-refractivity contribution in [3.63, 3.8) is 0 Å². The first-order valence-electron chi connectivity index (χ1n) is 8.62. The van der Waals surface area contributed by atoms with Gasteiger partial charge in [0, 0.05) is 27.2 Å². The molecule has 0 amide bonds. The van der Waals surface area contributed by atoms with Gasteiger partial charge in [-0.15, -0.1) is 0 Å². The number of aliphatic hydroxyl groups is 3. The summed E-state index contributed by atoms with van der Waals surface area (Å²) in [4.78, 5) is 10.1. The number of rotatable bonds is 11. The first-order valence-corrected chi connectivity index (χ1v) is 8.62. The second kappa shape index (κ2) is 38.7. The Bertz CT molecular complexity index is 189. The second-order valence-corrected chi connectivity index (χ2v) is 4.25. The van der Waals surface area contributed by atoms with Crippen LogP contribution in [0.25, 0.3) is 0 Å². The van der Waals surface area contributed by atoms with Gasteiger partial charge in [-0.1, -0.05) is 13.3 Å². The Kier molecular flexibility index (Phi) is 49.4. The zero-order chi connectivity index (χ0) is 20.2. The summed E-state index contributed by atoms with van der Waals surface area (Å²) in [5.41, 5.74) is 0. The molecule has 3 N–H and O–H groups in total. The van der Waals surface area contributed by atoms with Crippen LogP contribution in [0, 0.1) is 0 Å². The summed E-state index contributed by atoms with van der Waals surface area (Å²) in [5, 5.41) is 24.1. The van der Waals surface area contributed by atoms with Crippen molar-refractivity contribution >= 4 is 5.97 Å². The van der Waals surface area contributed by atoms with Crippen molar-refractivity contribution in [2.24, 2.45) is 0 Å². The van der Waals surface area contributed by atoms with E-state index in [1.54, 1.807) is 7.11 Å². The van der Waals surface area contributed by atoms with Crippen LogP contribution in [0.15, 0.2) is 0 Å². The molecule has 0 aromatic heterocycles. The number of ether oxygens (including phenoxy) is 4. The van der Waals surface area contributed by atoms with Crippen LogP contribution in [-0.2, 0) is 23.7 Å². The maximum absolute atomic E-state index is 10.1. The van der Waals surface area contributed by atoms with Gasteiger partial charge < -0.3 is 34.3 Å². The van der Waals surface area contributed by atoms with Crippen molar-refractivity contribution in [1.82, 2.24) is 0 Å². The fraction of sp³-hybridized carbons (Fsp3) is 0.941. The summed E-state index contributed by atoms with van der Waals surface area (Å²) < 4.78 is 18.5. The first-order chi connectivity index (χ1) is 12.0. The maximum atomic E-state index is 10.1. The van der Waals surface area contributed by atoms with E-state index in [-0.39, 0.29) is 25.8 Å². The third-order valence-electron chi connectivity index (χ3n) is 1.98. The Hall–Kier alpha value is -0.770. The highest BCUT2D eigenvalue weighted by Gasteiger charge is 1.88. The van der Waals surface area contributed by atoms with E-state index >= 15 is 0 Å². The second-order valence-electron chi connectivity index (χ2n) is 4.25. The minimum absolute atomic E-state index is 0.0278. The van der Waals surface area contributed by atoms with Gasteiger partial charge in [0.05, 0.1) is 46.2 Å². The van der Waals surface area contributed by atoms with Crippen LogP contribution in [0.3, 0.4) is 0 Å². The van der Waals surface area contributed by atoms with Gasteiger partial charge >= 0.3 is 5.97 Å². The van der Waals surface area contributed by atoms with E-state index in [1.807, 2.05) is 13.8 Å². The molecule has 0 radical (unpaired) electrons. The van der Waals surface area contributed by atoms with Crippen LogP contribution in [0.2, 0.25) is 0 Å². The van der Waals surface area contributed by atoms with Gasteiger partial charge in [-0.2, -0.15) is 0 Å². The molecule has 0 saturated carbocycles. The van der Waals surface area contributed by atoms with E-state index in [0.29, 0.717) is 26.4 Å². The highest BCUT2D eigenvalue weighted by atomic mass is 16.5. The van der Waals surface area contributed by atoms with Crippen molar-refractivity contribution in [3.8, 4) is 0 Å². The molecule has 0 bridgehead atoms. The number of esters is 1. The number of hydrogen-bond acceptors (Lipinski definition) is 8. The standard InChI is InChI=1S/C6H12O2.C4H10O3.C4H10O.C3H8O2/c1-3-4-5-8-6(2)7;5-1-3-7-4-2-6;1-3-5-4-2;1-5-3-2-4/h3-5H2,1-2H3;5-6H,1-4H2;3-4H2,1-2H3;4H,2-3H2,1H3. The number of carbonyl (C=O) groups is 1. The highest BCUT2D eigenvalue weighted by Crippen LogP contribution is 1.86. The molecule has 25 heavy (non-hydrogen) atoms. The predicted molar refractivity (Wildman–Crippen MR) is 97.7 cm³/mol. The lowest BCUT2D eigenvalue weighted by molar-refractivity contribution is -0.141. The van der Waals surface area contributed by atoms with E-state index in [2.05, 4.69) is 21.1 Å². The molecule has 0 unspecified atom stereocenters. The predicted octanol–water partition coefficient (Wildman–Crippen LogP) is 1.01. The van der Waals surface area contributed by atoms with Crippen molar-refractivity contribution < 1.29 is 39.1 Å². The molecule has 0 aliphatic carbocycles. The van der Waals surface area contributed by atoms with Crippen molar-refractivity contribution in [3.05, 3.63) is 0 Å². The Morgan fingerprint density at radius 3 is 1.48 bits per heavy atom. The monoisotopic (exact) mass is 372 g/mol. The van der Waals surface area contributed by atoms with E-state index < -0.39 is 0 Å². The number of methoxy groups -OCH3 is 1.